The van der Waals surface area contributed by atoms with Gasteiger partial charge < -0.3 is 19.2 Å². The molecule has 2 aromatic heterocycles. The smallest absolute Gasteiger partial charge is 0.265 e. The highest BCUT2D eigenvalue weighted by atomic mass is 16.6. The molecule has 3 heterocycles. The second-order valence-corrected chi connectivity index (χ2v) is 5.72. The lowest BCUT2D eigenvalue weighted by Crippen LogP contribution is -2.48. The van der Waals surface area contributed by atoms with Crippen LogP contribution in [0.1, 0.15) is 12.6 Å². The lowest BCUT2D eigenvalue weighted by molar-refractivity contribution is -0.133. The number of nitrogens with one attached hydrogen (secondary N) is 1. The Morgan fingerprint density at radius 1 is 1.17 bits per heavy atom. The highest BCUT2D eigenvalue weighted by Gasteiger charge is 2.33. The summed E-state index contributed by atoms with van der Waals surface area (Å²) < 4.78 is 13.5. The van der Waals surface area contributed by atoms with Gasteiger partial charge in [0.25, 0.3) is 5.91 Å². The Balaban J connectivity index is 1.44. The van der Waals surface area contributed by atoms with E-state index in [4.69, 9.17) is 9.47 Å². The number of nitrogens with zero attached hydrogens (tertiary/aromatic N) is 2. The molecule has 0 fully saturated rings. The molecule has 122 valence electrons. The van der Waals surface area contributed by atoms with E-state index >= 15 is 0 Å². The normalized spacial score (nSPS) is 19.2. The molecule has 0 saturated carbocycles. The van der Waals surface area contributed by atoms with Gasteiger partial charge in [-0.15, -0.1) is 0 Å². The van der Waals surface area contributed by atoms with Gasteiger partial charge in [0.05, 0.1) is 12.2 Å². The largest absolute Gasteiger partial charge is 0.482 e. The van der Waals surface area contributed by atoms with Crippen molar-refractivity contribution in [3.8, 4) is 11.5 Å². The van der Waals surface area contributed by atoms with Crippen LogP contribution in [0.3, 0.4) is 0 Å². The lowest BCUT2D eigenvalue weighted by atomic mass is 10.1. The van der Waals surface area contributed by atoms with Crippen molar-refractivity contribution >= 4 is 11.6 Å². The molecule has 0 unspecified atom stereocenters. The summed E-state index contributed by atoms with van der Waals surface area (Å²) in [5.41, 5.74) is 1.64. The number of aromatic nitrogens is 2. The maximum atomic E-state index is 12.5. The van der Waals surface area contributed by atoms with E-state index in [1.165, 1.54) is 0 Å². The number of para-hydroxylation sites is 2. The molecule has 1 aromatic carbocycles. The molecule has 1 aliphatic rings. The molecule has 1 aliphatic heterocycles. The lowest BCUT2D eigenvalue weighted by Gasteiger charge is -2.30. The second-order valence-electron chi connectivity index (χ2n) is 5.72. The van der Waals surface area contributed by atoms with Crippen molar-refractivity contribution in [2.75, 3.05) is 0 Å². The van der Waals surface area contributed by atoms with Crippen LogP contribution in [0.5, 0.6) is 11.5 Å². The van der Waals surface area contributed by atoms with Crippen LogP contribution in [0, 0.1) is 0 Å². The molecule has 6 nitrogen and oxygen atoms in total. The number of hydrogen-bond donors (Lipinski definition) is 1. The SMILES string of the molecule is C[C@@H]1Oc2ccccc2O[C@@H]1C(=O)NCc1cn2ccccc2n1. The number of hydrogen-bond acceptors (Lipinski definition) is 4. The van der Waals surface area contributed by atoms with Crippen molar-refractivity contribution in [3.05, 3.63) is 60.6 Å². The maximum absolute atomic E-state index is 12.5. The Labute approximate surface area is 139 Å². The molecule has 24 heavy (non-hydrogen) atoms. The van der Waals surface area contributed by atoms with Crippen LogP contribution in [0.15, 0.2) is 54.9 Å². The predicted molar refractivity (Wildman–Crippen MR) is 88.0 cm³/mol. The Morgan fingerprint density at radius 3 is 2.71 bits per heavy atom. The molecule has 0 radical (unpaired) electrons. The third-order valence-corrected chi connectivity index (χ3v) is 3.96. The van der Waals surface area contributed by atoms with E-state index in [0.29, 0.717) is 18.0 Å². The minimum atomic E-state index is -0.683. The third kappa shape index (κ3) is 2.67. The average Bonchev–Trinajstić information content (AvgIpc) is 3.02. The molecule has 4 rings (SSSR count). The van der Waals surface area contributed by atoms with Crippen molar-refractivity contribution in [1.29, 1.82) is 0 Å². The molecule has 0 saturated heterocycles. The monoisotopic (exact) mass is 323 g/mol. The van der Waals surface area contributed by atoms with Crippen molar-refractivity contribution in [2.45, 2.75) is 25.7 Å². The fourth-order valence-corrected chi connectivity index (χ4v) is 2.76. The quantitative estimate of drug-likeness (QED) is 0.802. The van der Waals surface area contributed by atoms with Gasteiger partial charge in [0.15, 0.2) is 11.5 Å². The topological polar surface area (TPSA) is 64.9 Å². The van der Waals surface area contributed by atoms with E-state index in [1.807, 2.05) is 60.1 Å². The summed E-state index contributed by atoms with van der Waals surface area (Å²) in [5.74, 6) is 1.03. The van der Waals surface area contributed by atoms with Gasteiger partial charge in [0, 0.05) is 12.4 Å². The van der Waals surface area contributed by atoms with Crippen molar-refractivity contribution in [3.63, 3.8) is 0 Å². The fourth-order valence-electron chi connectivity index (χ4n) is 2.76. The molecule has 1 N–H and O–H groups in total. The second kappa shape index (κ2) is 5.88. The first kappa shape index (κ1) is 14.6. The highest BCUT2D eigenvalue weighted by Crippen LogP contribution is 2.33. The molecule has 2 atom stereocenters. The third-order valence-electron chi connectivity index (χ3n) is 3.96. The zero-order valence-corrected chi connectivity index (χ0v) is 13.2. The maximum Gasteiger partial charge on any atom is 0.265 e. The molecule has 6 heteroatoms. The minimum absolute atomic E-state index is 0.214. The summed E-state index contributed by atoms with van der Waals surface area (Å²) in [6.45, 7) is 2.17. The van der Waals surface area contributed by atoms with Crippen LogP contribution in [0.25, 0.3) is 5.65 Å². The van der Waals surface area contributed by atoms with E-state index < -0.39 is 6.10 Å². The van der Waals surface area contributed by atoms with E-state index in [0.717, 1.165) is 11.3 Å². The van der Waals surface area contributed by atoms with Gasteiger partial charge in [-0.3, -0.25) is 4.79 Å². The number of rotatable bonds is 3. The summed E-state index contributed by atoms with van der Waals surface area (Å²) in [6, 6.07) is 13.1. The number of amides is 1. The Morgan fingerprint density at radius 2 is 1.92 bits per heavy atom. The number of imidazole rings is 1. The Bertz CT molecular complexity index is 857. The van der Waals surface area contributed by atoms with E-state index in [-0.39, 0.29) is 12.0 Å². The highest BCUT2D eigenvalue weighted by molar-refractivity contribution is 5.82. The standard InChI is InChI=1S/C18H17N3O3/c1-12-17(24-15-7-3-2-6-14(15)23-12)18(22)19-10-13-11-21-9-5-4-8-16(21)20-13/h2-9,11-12,17H,10H2,1H3,(H,19,22)/t12-,17-/m0/s1. The molecule has 1 amide bonds. The van der Waals surface area contributed by atoms with Gasteiger partial charge in [0.2, 0.25) is 6.10 Å². The van der Waals surface area contributed by atoms with Gasteiger partial charge in [0.1, 0.15) is 11.8 Å². The van der Waals surface area contributed by atoms with E-state index in [1.54, 1.807) is 6.07 Å². The number of carbonyl (C=O) groups excluding carboxylic acids is 1. The van der Waals surface area contributed by atoms with Crippen molar-refractivity contribution < 1.29 is 14.3 Å². The fraction of sp³-hybridized carbons (Fsp3) is 0.222. The van der Waals surface area contributed by atoms with Crippen LogP contribution in [-0.4, -0.2) is 27.5 Å². The Kier molecular flexibility index (Phi) is 3.57. The van der Waals surface area contributed by atoms with Crippen LogP contribution in [0.4, 0.5) is 0 Å². The summed E-state index contributed by atoms with van der Waals surface area (Å²) >= 11 is 0. The van der Waals surface area contributed by atoms with E-state index in [9.17, 15) is 4.79 Å². The van der Waals surface area contributed by atoms with Crippen LogP contribution in [0.2, 0.25) is 0 Å². The van der Waals surface area contributed by atoms with E-state index in [2.05, 4.69) is 10.3 Å². The number of fused-ring (bicyclic) bond motifs is 2. The van der Waals surface area contributed by atoms with Gasteiger partial charge in [-0.25, -0.2) is 4.98 Å². The van der Waals surface area contributed by atoms with Gasteiger partial charge in [-0.2, -0.15) is 0 Å². The predicted octanol–water partition coefficient (Wildman–Crippen LogP) is 2.18. The first-order valence-electron chi connectivity index (χ1n) is 7.83. The zero-order chi connectivity index (χ0) is 16.5. The van der Waals surface area contributed by atoms with Gasteiger partial charge in [-0.1, -0.05) is 18.2 Å². The van der Waals surface area contributed by atoms with Gasteiger partial charge in [-0.05, 0) is 31.2 Å². The molecular weight excluding hydrogens is 306 g/mol. The van der Waals surface area contributed by atoms with Crippen molar-refractivity contribution in [2.24, 2.45) is 0 Å². The molecule has 3 aromatic rings. The molecule has 0 spiro atoms. The van der Waals surface area contributed by atoms with Gasteiger partial charge >= 0.3 is 0 Å². The zero-order valence-electron chi connectivity index (χ0n) is 13.2. The average molecular weight is 323 g/mol. The van der Waals surface area contributed by atoms with Crippen LogP contribution < -0.4 is 14.8 Å². The van der Waals surface area contributed by atoms with Crippen molar-refractivity contribution in [1.82, 2.24) is 14.7 Å². The number of ether oxygens (including phenoxy) is 2. The first-order chi connectivity index (χ1) is 11.7. The first-order valence-corrected chi connectivity index (χ1v) is 7.83. The Hall–Kier alpha value is -3.02. The summed E-state index contributed by atoms with van der Waals surface area (Å²) in [7, 11) is 0. The number of pyridine rings is 1. The summed E-state index contributed by atoms with van der Waals surface area (Å²) in [4.78, 5) is 16.9. The number of benzene rings is 1. The summed E-state index contributed by atoms with van der Waals surface area (Å²) in [6.07, 6.45) is 2.77. The summed E-state index contributed by atoms with van der Waals surface area (Å²) in [5, 5.41) is 2.87. The van der Waals surface area contributed by atoms with Crippen LogP contribution >= 0.6 is 0 Å². The number of carbonyl (C=O) groups is 1. The molecule has 0 aliphatic carbocycles. The molecular formula is C18H17N3O3. The van der Waals surface area contributed by atoms with Crippen LogP contribution in [-0.2, 0) is 11.3 Å². The molecule has 0 bridgehead atoms. The minimum Gasteiger partial charge on any atom is -0.482 e.